The van der Waals surface area contributed by atoms with Crippen molar-refractivity contribution < 1.29 is 4.68 Å². The summed E-state index contributed by atoms with van der Waals surface area (Å²) < 4.78 is 2.11. The zero-order valence-electron chi connectivity index (χ0n) is 11.4. The zero-order chi connectivity index (χ0) is 13.4. The molecule has 0 radical (unpaired) electrons. The van der Waals surface area contributed by atoms with E-state index in [-0.39, 0.29) is 6.04 Å². The van der Waals surface area contributed by atoms with Gasteiger partial charge < -0.3 is 0 Å². The third-order valence-corrected chi connectivity index (χ3v) is 4.26. The summed E-state index contributed by atoms with van der Waals surface area (Å²) in [6.07, 6.45) is 11.3. The van der Waals surface area contributed by atoms with E-state index in [1.165, 1.54) is 47.7 Å². The molecular weight excluding hydrogens is 246 g/mol. The lowest BCUT2D eigenvalue weighted by Gasteiger charge is -2.21. The summed E-state index contributed by atoms with van der Waals surface area (Å²) in [5.41, 5.74) is 5.96. The quantitative estimate of drug-likeness (QED) is 0.621. The van der Waals surface area contributed by atoms with Crippen LogP contribution < -0.4 is 10.1 Å². The largest absolute Gasteiger partial charge is 0.251 e. The Bertz CT molecular complexity index is 715. The Morgan fingerprint density at radius 3 is 3.00 bits per heavy atom. The first-order valence-corrected chi connectivity index (χ1v) is 7.34. The van der Waals surface area contributed by atoms with E-state index in [4.69, 9.17) is 4.99 Å². The van der Waals surface area contributed by atoms with Gasteiger partial charge >= 0.3 is 0 Å². The highest BCUT2D eigenvalue weighted by Crippen LogP contribution is 2.34. The number of benzene rings is 1. The Labute approximate surface area is 118 Å². The summed E-state index contributed by atoms with van der Waals surface area (Å²) >= 11 is 0. The fraction of sp³-hybridized carbons (Fsp3) is 0.294. The van der Waals surface area contributed by atoms with Crippen LogP contribution in [0.25, 0.3) is 10.8 Å². The lowest BCUT2D eigenvalue weighted by molar-refractivity contribution is -0.648. The Hall–Kier alpha value is -2.16. The number of nitrogens with zero attached hydrogens (tertiary/aromatic N) is 2. The number of nitrogens with one attached hydrogen (secondary N) is 1. The summed E-state index contributed by atoms with van der Waals surface area (Å²) in [7, 11) is 0. The molecule has 0 spiro atoms. The topological polar surface area (TPSA) is 28.3 Å². The Morgan fingerprint density at radius 1 is 1.15 bits per heavy atom. The number of hydrogen-bond donors (Lipinski definition) is 1. The van der Waals surface area contributed by atoms with Crippen LogP contribution in [0.1, 0.15) is 37.4 Å². The average molecular weight is 264 g/mol. The van der Waals surface area contributed by atoms with Crippen LogP contribution in [0.15, 0.2) is 53.2 Å². The van der Waals surface area contributed by atoms with Crippen molar-refractivity contribution in [3.63, 3.8) is 0 Å². The van der Waals surface area contributed by atoms with Gasteiger partial charge in [-0.2, -0.15) is 0 Å². The van der Waals surface area contributed by atoms with E-state index in [1.54, 1.807) is 0 Å². The van der Waals surface area contributed by atoms with Crippen molar-refractivity contribution in [2.75, 3.05) is 5.43 Å². The van der Waals surface area contributed by atoms with Crippen molar-refractivity contribution in [2.45, 2.75) is 31.7 Å². The van der Waals surface area contributed by atoms with E-state index in [9.17, 15) is 0 Å². The molecule has 1 aliphatic heterocycles. The molecule has 1 atom stereocenters. The molecule has 20 heavy (non-hydrogen) atoms. The number of rotatable bonds is 1. The van der Waals surface area contributed by atoms with Gasteiger partial charge in [0.15, 0.2) is 6.04 Å². The fourth-order valence-corrected chi connectivity index (χ4v) is 3.26. The van der Waals surface area contributed by atoms with Gasteiger partial charge in [-0.3, -0.25) is 4.99 Å². The van der Waals surface area contributed by atoms with Crippen LogP contribution in [0.3, 0.4) is 0 Å². The van der Waals surface area contributed by atoms with Crippen LogP contribution in [-0.2, 0) is 0 Å². The van der Waals surface area contributed by atoms with Crippen molar-refractivity contribution in [1.29, 1.82) is 0 Å². The van der Waals surface area contributed by atoms with Crippen LogP contribution in [-0.4, -0.2) is 6.34 Å². The molecule has 1 aromatic heterocycles. The Morgan fingerprint density at radius 2 is 2.10 bits per heavy atom. The fourth-order valence-electron chi connectivity index (χ4n) is 3.26. The molecule has 1 aromatic carbocycles. The zero-order valence-corrected chi connectivity index (χ0v) is 11.4. The highest BCUT2D eigenvalue weighted by molar-refractivity contribution is 5.84. The highest BCUT2D eigenvalue weighted by Gasteiger charge is 2.30. The number of fused-ring (bicyclic) bond motifs is 3. The third-order valence-electron chi connectivity index (χ3n) is 4.26. The standard InChI is InChI=1S/C17H18N3/c1-2-7-14(8-3-1)16-17-15-9-5-4-6-13(15)10-11-20(17)19-12-18-16/h4-7,9-12,16H,1-3,8H2,(H,18,19)/q+1. The first-order chi connectivity index (χ1) is 9.93. The molecule has 1 unspecified atom stereocenters. The van der Waals surface area contributed by atoms with Gasteiger partial charge in [-0.25, -0.2) is 0 Å². The van der Waals surface area contributed by atoms with Crippen LogP contribution >= 0.6 is 0 Å². The molecule has 0 saturated carbocycles. The van der Waals surface area contributed by atoms with Gasteiger partial charge in [0.1, 0.15) is 6.34 Å². The monoisotopic (exact) mass is 264 g/mol. The molecule has 2 heterocycles. The van der Waals surface area contributed by atoms with Crippen LogP contribution in [0, 0.1) is 0 Å². The summed E-state index contributed by atoms with van der Waals surface area (Å²) in [5, 5.41) is 2.56. The van der Waals surface area contributed by atoms with E-state index < -0.39 is 0 Å². The lowest BCUT2D eigenvalue weighted by atomic mass is 9.90. The van der Waals surface area contributed by atoms with Gasteiger partial charge in [0, 0.05) is 6.07 Å². The first kappa shape index (κ1) is 11.6. The average Bonchev–Trinajstić information content (AvgIpc) is 2.55. The minimum atomic E-state index is 0.169. The number of aliphatic imine (C=N–C) groups is 1. The molecule has 2 aliphatic rings. The Kier molecular flexibility index (Phi) is 2.76. The van der Waals surface area contributed by atoms with Gasteiger partial charge in [-0.05, 0) is 42.7 Å². The molecule has 3 nitrogen and oxygen atoms in total. The minimum absolute atomic E-state index is 0.169. The second-order valence-electron chi connectivity index (χ2n) is 5.49. The van der Waals surface area contributed by atoms with Crippen LogP contribution in [0.5, 0.6) is 0 Å². The SMILES string of the molecule is C1=NC(C2=CCCCC2)c2c3ccccc3cc[n+]2N1. The van der Waals surface area contributed by atoms with Crippen molar-refractivity contribution in [3.05, 3.63) is 53.9 Å². The molecule has 0 bridgehead atoms. The molecule has 1 aliphatic carbocycles. The first-order valence-electron chi connectivity index (χ1n) is 7.34. The minimum Gasteiger partial charge on any atom is -0.251 e. The van der Waals surface area contributed by atoms with E-state index in [2.05, 4.69) is 52.7 Å². The third kappa shape index (κ3) is 1.82. The molecule has 100 valence electrons. The Balaban J connectivity index is 1.92. The molecule has 0 fully saturated rings. The molecule has 1 N–H and O–H groups in total. The number of hydrogen-bond acceptors (Lipinski definition) is 2. The molecule has 0 saturated heterocycles. The molecule has 3 heteroatoms. The second kappa shape index (κ2) is 4.75. The summed E-state index contributed by atoms with van der Waals surface area (Å²) in [4.78, 5) is 4.72. The summed E-state index contributed by atoms with van der Waals surface area (Å²) in [6.45, 7) is 0. The molecule has 2 aromatic rings. The van der Waals surface area contributed by atoms with E-state index in [0.717, 1.165) is 0 Å². The van der Waals surface area contributed by atoms with Gasteiger partial charge in [-0.15, -0.1) is 5.43 Å². The number of pyridine rings is 1. The highest BCUT2D eigenvalue weighted by atomic mass is 15.4. The van der Waals surface area contributed by atoms with Crippen molar-refractivity contribution in [3.8, 4) is 0 Å². The smallest absolute Gasteiger partial charge is 0.248 e. The van der Waals surface area contributed by atoms with E-state index >= 15 is 0 Å². The van der Waals surface area contributed by atoms with Crippen molar-refractivity contribution in [1.82, 2.24) is 0 Å². The van der Waals surface area contributed by atoms with E-state index in [0.29, 0.717) is 0 Å². The predicted molar refractivity (Wildman–Crippen MR) is 81.3 cm³/mol. The summed E-state index contributed by atoms with van der Waals surface area (Å²) in [6, 6.07) is 10.9. The number of allylic oxidation sites excluding steroid dienone is 1. The van der Waals surface area contributed by atoms with Gasteiger partial charge in [-0.1, -0.05) is 29.0 Å². The van der Waals surface area contributed by atoms with Gasteiger partial charge in [0.25, 0.3) is 0 Å². The number of aromatic nitrogens is 1. The lowest BCUT2D eigenvalue weighted by Crippen LogP contribution is -2.51. The summed E-state index contributed by atoms with van der Waals surface area (Å²) in [5.74, 6) is 0. The predicted octanol–water partition coefficient (Wildman–Crippen LogP) is 3.25. The second-order valence-corrected chi connectivity index (χ2v) is 5.49. The maximum atomic E-state index is 4.72. The van der Waals surface area contributed by atoms with Gasteiger partial charge in [0.05, 0.1) is 5.39 Å². The van der Waals surface area contributed by atoms with Gasteiger partial charge in [0.2, 0.25) is 11.9 Å². The molecule has 0 amide bonds. The van der Waals surface area contributed by atoms with Crippen molar-refractivity contribution in [2.24, 2.45) is 4.99 Å². The normalized spacial score (nSPS) is 21.2. The van der Waals surface area contributed by atoms with Crippen LogP contribution in [0.2, 0.25) is 0 Å². The van der Waals surface area contributed by atoms with Crippen molar-refractivity contribution >= 4 is 17.1 Å². The van der Waals surface area contributed by atoms with Crippen LogP contribution in [0.4, 0.5) is 0 Å². The maximum Gasteiger partial charge on any atom is 0.248 e. The molecular formula is C17H18N3+. The molecule has 4 rings (SSSR count). The van der Waals surface area contributed by atoms with E-state index in [1.807, 2.05) is 6.34 Å². The maximum absolute atomic E-state index is 4.72.